The summed E-state index contributed by atoms with van der Waals surface area (Å²) < 4.78 is 39.5. The highest BCUT2D eigenvalue weighted by molar-refractivity contribution is 7.89. The van der Waals surface area contributed by atoms with Crippen molar-refractivity contribution in [3.05, 3.63) is 29.6 Å². The van der Waals surface area contributed by atoms with Crippen molar-refractivity contribution >= 4 is 22.4 Å². The van der Waals surface area contributed by atoms with Crippen molar-refractivity contribution in [3.8, 4) is 0 Å². The first-order chi connectivity index (χ1) is 7.68. The van der Waals surface area contributed by atoms with Gasteiger partial charge < -0.3 is 5.73 Å². The third-order valence-corrected chi connectivity index (χ3v) is 4.21. The highest BCUT2D eigenvalue weighted by atomic mass is 35.5. The number of hydrogen-bond donors (Lipinski definition) is 2. The monoisotopic (exact) mass is 296 g/mol. The number of sulfonamides is 1. The first-order valence-electron chi connectivity index (χ1n) is 5.18. The molecule has 0 unspecified atom stereocenters. The number of rotatable bonds is 4. The van der Waals surface area contributed by atoms with Crippen LogP contribution in [0.5, 0.6) is 0 Å². The van der Waals surface area contributed by atoms with Crippen LogP contribution < -0.4 is 10.5 Å². The molecule has 0 atom stereocenters. The largest absolute Gasteiger partial charge is 0.329 e. The van der Waals surface area contributed by atoms with Crippen molar-refractivity contribution in [3.63, 3.8) is 0 Å². The number of hydrogen-bond acceptors (Lipinski definition) is 3. The fourth-order valence-corrected chi connectivity index (χ4v) is 3.03. The summed E-state index contributed by atoms with van der Waals surface area (Å²) in [4.78, 5) is 0.0698. The fourth-order valence-electron chi connectivity index (χ4n) is 1.37. The lowest BCUT2D eigenvalue weighted by Crippen LogP contribution is -2.48. The van der Waals surface area contributed by atoms with Crippen molar-refractivity contribution in [1.82, 2.24) is 4.72 Å². The summed E-state index contributed by atoms with van der Waals surface area (Å²) in [5.41, 5.74) is 5.10. The molecule has 1 aromatic carbocycles. The Morgan fingerprint density at radius 3 is 2.39 bits per heavy atom. The van der Waals surface area contributed by atoms with Gasteiger partial charge in [-0.15, -0.1) is 12.4 Å². The molecule has 3 N–H and O–H groups in total. The van der Waals surface area contributed by atoms with Crippen LogP contribution in [0.3, 0.4) is 0 Å². The molecule has 4 nitrogen and oxygen atoms in total. The minimum absolute atomic E-state index is 0. The van der Waals surface area contributed by atoms with Gasteiger partial charge in [0.05, 0.1) is 4.90 Å². The molecule has 0 fully saturated rings. The van der Waals surface area contributed by atoms with Crippen LogP contribution in [0.25, 0.3) is 0 Å². The Bertz CT molecular complexity index is 518. The summed E-state index contributed by atoms with van der Waals surface area (Å²) in [5.74, 6) is -0.459. The van der Waals surface area contributed by atoms with Gasteiger partial charge in [-0.3, -0.25) is 0 Å². The Kier molecular flexibility index (Phi) is 5.74. The molecule has 0 amide bonds. The molecule has 0 aliphatic rings. The zero-order chi connectivity index (χ0) is 13.3. The molecule has 0 aliphatic heterocycles. The zero-order valence-corrected chi connectivity index (χ0v) is 12.2. The average Bonchev–Trinajstić information content (AvgIpc) is 2.15. The van der Waals surface area contributed by atoms with Crippen molar-refractivity contribution in [2.75, 3.05) is 6.54 Å². The van der Waals surface area contributed by atoms with Gasteiger partial charge in [-0.2, -0.15) is 0 Å². The van der Waals surface area contributed by atoms with E-state index >= 15 is 0 Å². The maximum Gasteiger partial charge on any atom is 0.241 e. The molecule has 0 spiro atoms. The van der Waals surface area contributed by atoms with E-state index in [1.807, 2.05) is 0 Å². The molecule has 1 aromatic rings. The summed E-state index contributed by atoms with van der Waals surface area (Å²) in [6.07, 6.45) is 0. The van der Waals surface area contributed by atoms with Gasteiger partial charge in [0.25, 0.3) is 0 Å². The Balaban J connectivity index is 0.00000289. The first kappa shape index (κ1) is 17.3. The molecule has 0 bridgehead atoms. The van der Waals surface area contributed by atoms with Crippen LogP contribution in [0.15, 0.2) is 23.1 Å². The normalized spacial score (nSPS) is 12.1. The van der Waals surface area contributed by atoms with Gasteiger partial charge in [0.15, 0.2) is 0 Å². The molecule has 0 radical (unpaired) electrons. The molecular formula is C11H18ClFN2O2S. The van der Waals surface area contributed by atoms with Crippen molar-refractivity contribution in [2.24, 2.45) is 5.73 Å². The Labute approximate surface area is 113 Å². The SMILES string of the molecule is Cc1cc(F)ccc1S(=O)(=O)NC(C)(C)CN.Cl. The van der Waals surface area contributed by atoms with Crippen molar-refractivity contribution < 1.29 is 12.8 Å². The van der Waals surface area contributed by atoms with E-state index in [4.69, 9.17) is 5.73 Å². The van der Waals surface area contributed by atoms with Crippen LogP contribution in [0.4, 0.5) is 4.39 Å². The Morgan fingerprint density at radius 1 is 1.39 bits per heavy atom. The summed E-state index contributed by atoms with van der Waals surface area (Å²) in [6.45, 7) is 5.09. The molecule has 0 aromatic heterocycles. The van der Waals surface area contributed by atoms with Crippen LogP contribution in [0.2, 0.25) is 0 Å². The molecule has 104 valence electrons. The van der Waals surface area contributed by atoms with Gasteiger partial charge in [-0.25, -0.2) is 17.5 Å². The van der Waals surface area contributed by atoms with Gasteiger partial charge in [0.1, 0.15) is 5.82 Å². The number of nitrogens with two attached hydrogens (primary N) is 1. The van der Waals surface area contributed by atoms with E-state index < -0.39 is 21.4 Å². The quantitative estimate of drug-likeness (QED) is 0.886. The second-order valence-electron chi connectivity index (χ2n) is 4.60. The minimum Gasteiger partial charge on any atom is -0.329 e. The number of aryl methyl sites for hydroxylation is 1. The second-order valence-corrected chi connectivity index (χ2v) is 6.25. The van der Waals surface area contributed by atoms with Gasteiger partial charge >= 0.3 is 0 Å². The van der Waals surface area contributed by atoms with E-state index in [2.05, 4.69) is 4.72 Å². The average molecular weight is 297 g/mol. The predicted molar refractivity (Wildman–Crippen MR) is 71.8 cm³/mol. The number of benzene rings is 1. The molecule has 0 aliphatic carbocycles. The van der Waals surface area contributed by atoms with Crippen LogP contribution >= 0.6 is 12.4 Å². The molecular weight excluding hydrogens is 279 g/mol. The highest BCUT2D eigenvalue weighted by Gasteiger charge is 2.26. The highest BCUT2D eigenvalue weighted by Crippen LogP contribution is 2.17. The molecule has 7 heteroatoms. The van der Waals surface area contributed by atoms with Gasteiger partial charge in [0.2, 0.25) is 10.0 Å². The van der Waals surface area contributed by atoms with Crippen LogP contribution in [-0.2, 0) is 10.0 Å². The van der Waals surface area contributed by atoms with E-state index in [0.29, 0.717) is 5.56 Å². The molecule has 0 saturated carbocycles. The van der Waals surface area contributed by atoms with E-state index in [0.717, 1.165) is 6.07 Å². The Morgan fingerprint density at radius 2 is 1.94 bits per heavy atom. The lowest BCUT2D eigenvalue weighted by Gasteiger charge is -2.24. The lowest BCUT2D eigenvalue weighted by atomic mass is 10.1. The van der Waals surface area contributed by atoms with Crippen LogP contribution in [0.1, 0.15) is 19.4 Å². The maximum atomic E-state index is 12.9. The summed E-state index contributed by atoms with van der Waals surface area (Å²) >= 11 is 0. The van der Waals surface area contributed by atoms with Gasteiger partial charge in [-0.05, 0) is 44.5 Å². The summed E-state index contributed by atoms with van der Waals surface area (Å²) in [7, 11) is -3.67. The smallest absolute Gasteiger partial charge is 0.241 e. The van der Waals surface area contributed by atoms with E-state index in [1.165, 1.54) is 12.1 Å². The first-order valence-corrected chi connectivity index (χ1v) is 6.66. The molecule has 1 rings (SSSR count). The molecule has 18 heavy (non-hydrogen) atoms. The second kappa shape index (κ2) is 5.97. The standard InChI is InChI=1S/C11H17FN2O2S.ClH/c1-8-6-9(12)4-5-10(8)17(15,16)14-11(2,3)7-13;/h4-6,14H,7,13H2,1-3H3;1H. The summed E-state index contributed by atoms with van der Waals surface area (Å²) in [5, 5.41) is 0. The van der Waals surface area contributed by atoms with Gasteiger partial charge in [0, 0.05) is 12.1 Å². The number of halogens is 2. The predicted octanol–water partition coefficient (Wildman–Crippen LogP) is 1.57. The van der Waals surface area contributed by atoms with Crippen molar-refractivity contribution in [2.45, 2.75) is 31.2 Å². The minimum atomic E-state index is -3.67. The number of nitrogens with one attached hydrogen (secondary N) is 1. The maximum absolute atomic E-state index is 12.9. The van der Waals surface area contributed by atoms with Crippen molar-refractivity contribution in [1.29, 1.82) is 0 Å². The zero-order valence-electron chi connectivity index (χ0n) is 10.5. The van der Waals surface area contributed by atoms with Gasteiger partial charge in [-0.1, -0.05) is 0 Å². The van der Waals surface area contributed by atoms with Crippen LogP contribution in [0, 0.1) is 12.7 Å². The third-order valence-electron chi connectivity index (χ3n) is 2.35. The van der Waals surface area contributed by atoms with Crippen LogP contribution in [-0.4, -0.2) is 20.5 Å². The molecule has 0 saturated heterocycles. The van der Waals surface area contributed by atoms with E-state index in [-0.39, 0.29) is 23.8 Å². The third kappa shape index (κ3) is 4.20. The Hall–Kier alpha value is -0.690. The molecule has 0 heterocycles. The lowest BCUT2D eigenvalue weighted by molar-refractivity contribution is 0.462. The fraction of sp³-hybridized carbons (Fsp3) is 0.455. The summed E-state index contributed by atoms with van der Waals surface area (Å²) in [6, 6.07) is 3.56. The van der Waals surface area contributed by atoms with E-state index in [1.54, 1.807) is 20.8 Å². The topological polar surface area (TPSA) is 72.2 Å². The van der Waals surface area contributed by atoms with E-state index in [9.17, 15) is 12.8 Å².